The summed E-state index contributed by atoms with van der Waals surface area (Å²) in [6, 6.07) is 4.75. The van der Waals surface area contributed by atoms with Crippen molar-refractivity contribution in [2.24, 2.45) is 0 Å². The molecule has 116 valence electrons. The van der Waals surface area contributed by atoms with Crippen molar-refractivity contribution in [1.29, 1.82) is 0 Å². The van der Waals surface area contributed by atoms with Crippen LogP contribution >= 0.6 is 11.6 Å². The smallest absolute Gasteiger partial charge is 0.225 e. The second-order valence-corrected chi connectivity index (χ2v) is 8.14. The molecule has 0 saturated heterocycles. The molecule has 0 aliphatic heterocycles. The summed E-state index contributed by atoms with van der Waals surface area (Å²) >= 11 is 5.83. The molecule has 0 spiro atoms. The number of nitrogens with two attached hydrogens (primary N) is 1. The van der Waals surface area contributed by atoms with Gasteiger partial charge in [0.1, 0.15) is 0 Å². The Bertz CT molecular complexity index is 625. The van der Waals surface area contributed by atoms with E-state index in [0.717, 1.165) is 12.8 Å². The highest BCUT2D eigenvalue weighted by molar-refractivity contribution is 7.92. The van der Waals surface area contributed by atoms with Crippen LogP contribution in [0.2, 0.25) is 5.02 Å². The molecule has 1 aliphatic rings. The SMILES string of the molecule is Nc1ccc(Cl)cc1NC(=O)CCS(=O)(=O)C1CCCC1. The van der Waals surface area contributed by atoms with Crippen molar-refractivity contribution < 1.29 is 13.2 Å². The van der Waals surface area contributed by atoms with E-state index in [-0.39, 0.29) is 23.3 Å². The molecule has 0 aromatic heterocycles. The number of hydrogen-bond donors (Lipinski definition) is 2. The van der Waals surface area contributed by atoms with Gasteiger partial charge in [-0.1, -0.05) is 24.4 Å². The quantitative estimate of drug-likeness (QED) is 0.812. The molecule has 0 unspecified atom stereocenters. The number of halogens is 1. The number of benzene rings is 1. The number of amides is 1. The number of sulfone groups is 1. The van der Waals surface area contributed by atoms with Crippen LogP contribution in [0.1, 0.15) is 32.1 Å². The minimum atomic E-state index is -3.18. The third-order valence-corrected chi connectivity index (χ3v) is 6.21. The number of anilines is 2. The van der Waals surface area contributed by atoms with Crippen molar-refractivity contribution in [3.8, 4) is 0 Å². The lowest BCUT2D eigenvalue weighted by atomic mass is 10.2. The first-order valence-corrected chi connectivity index (χ1v) is 9.04. The highest BCUT2D eigenvalue weighted by atomic mass is 35.5. The van der Waals surface area contributed by atoms with E-state index in [0.29, 0.717) is 29.2 Å². The van der Waals surface area contributed by atoms with Gasteiger partial charge >= 0.3 is 0 Å². The molecule has 3 N–H and O–H groups in total. The van der Waals surface area contributed by atoms with Gasteiger partial charge in [0.05, 0.1) is 22.4 Å². The van der Waals surface area contributed by atoms with Crippen LogP contribution in [0.3, 0.4) is 0 Å². The van der Waals surface area contributed by atoms with Gasteiger partial charge in [-0.15, -0.1) is 0 Å². The largest absolute Gasteiger partial charge is 0.397 e. The Balaban J connectivity index is 1.91. The summed E-state index contributed by atoms with van der Waals surface area (Å²) in [5, 5.41) is 2.78. The van der Waals surface area contributed by atoms with Crippen molar-refractivity contribution in [2.45, 2.75) is 37.4 Å². The molecule has 1 saturated carbocycles. The molecule has 5 nitrogen and oxygen atoms in total. The Morgan fingerprint density at radius 2 is 2.00 bits per heavy atom. The zero-order valence-corrected chi connectivity index (χ0v) is 13.2. The van der Waals surface area contributed by atoms with E-state index in [1.54, 1.807) is 18.2 Å². The van der Waals surface area contributed by atoms with Crippen LogP contribution in [0.5, 0.6) is 0 Å². The Labute approximate surface area is 129 Å². The predicted octanol–water partition coefficient (Wildman–Crippen LogP) is 2.61. The normalized spacial score (nSPS) is 16.0. The summed E-state index contributed by atoms with van der Waals surface area (Å²) in [6.45, 7) is 0. The summed E-state index contributed by atoms with van der Waals surface area (Å²) < 4.78 is 24.2. The predicted molar refractivity (Wildman–Crippen MR) is 85.2 cm³/mol. The van der Waals surface area contributed by atoms with E-state index in [2.05, 4.69) is 5.32 Å². The van der Waals surface area contributed by atoms with Crippen molar-refractivity contribution in [1.82, 2.24) is 0 Å². The molecule has 0 heterocycles. The zero-order chi connectivity index (χ0) is 15.5. The molecule has 1 aromatic carbocycles. The van der Waals surface area contributed by atoms with Gasteiger partial charge in [0.15, 0.2) is 9.84 Å². The lowest BCUT2D eigenvalue weighted by molar-refractivity contribution is -0.115. The fraction of sp³-hybridized carbons (Fsp3) is 0.500. The Morgan fingerprint density at radius 3 is 2.67 bits per heavy atom. The fourth-order valence-corrected chi connectivity index (χ4v) is 4.53. The second kappa shape index (κ2) is 6.66. The Hall–Kier alpha value is -1.27. The number of hydrogen-bond acceptors (Lipinski definition) is 4. The van der Waals surface area contributed by atoms with Crippen LogP contribution in [0.4, 0.5) is 11.4 Å². The van der Waals surface area contributed by atoms with Crippen molar-refractivity contribution in [2.75, 3.05) is 16.8 Å². The molecule has 21 heavy (non-hydrogen) atoms. The molecular formula is C14H19ClN2O3S. The number of nitrogen functional groups attached to an aromatic ring is 1. The van der Waals surface area contributed by atoms with Gasteiger partial charge in [-0.2, -0.15) is 0 Å². The highest BCUT2D eigenvalue weighted by Crippen LogP contribution is 2.26. The number of rotatable bonds is 5. The van der Waals surface area contributed by atoms with Gasteiger partial charge in [-0.25, -0.2) is 8.42 Å². The van der Waals surface area contributed by atoms with Crippen molar-refractivity contribution >= 4 is 38.7 Å². The van der Waals surface area contributed by atoms with Crippen LogP contribution in [0.25, 0.3) is 0 Å². The average Bonchev–Trinajstić information content (AvgIpc) is 2.96. The summed E-state index contributed by atoms with van der Waals surface area (Å²) in [5.74, 6) is -0.491. The highest BCUT2D eigenvalue weighted by Gasteiger charge is 2.28. The molecule has 1 aromatic rings. The number of carbonyl (C=O) groups is 1. The van der Waals surface area contributed by atoms with Gasteiger partial charge < -0.3 is 11.1 Å². The van der Waals surface area contributed by atoms with Gasteiger partial charge in [0.2, 0.25) is 5.91 Å². The summed E-state index contributed by atoms with van der Waals surface area (Å²) in [6.07, 6.45) is 3.27. The number of carbonyl (C=O) groups excluding carboxylic acids is 1. The van der Waals surface area contributed by atoms with E-state index in [1.807, 2.05) is 0 Å². The summed E-state index contributed by atoms with van der Waals surface area (Å²) in [5.41, 5.74) is 6.53. The molecule has 0 bridgehead atoms. The minimum absolute atomic E-state index is 0.0647. The van der Waals surface area contributed by atoms with Gasteiger partial charge in [0, 0.05) is 11.4 Å². The minimum Gasteiger partial charge on any atom is -0.397 e. The first kappa shape index (κ1) is 16.1. The van der Waals surface area contributed by atoms with E-state index >= 15 is 0 Å². The summed E-state index contributed by atoms with van der Waals surface area (Å²) in [4.78, 5) is 11.9. The van der Waals surface area contributed by atoms with E-state index < -0.39 is 9.84 Å². The van der Waals surface area contributed by atoms with Gasteiger partial charge in [-0.3, -0.25) is 4.79 Å². The topological polar surface area (TPSA) is 89.3 Å². The van der Waals surface area contributed by atoms with Crippen LogP contribution in [0.15, 0.2) is 18.2 Å². The van der Waals surface area contributed by atoms with Gasteiger partial charge in [0.25, 0.3) is 0 Å². The van der Waals surface area contributed by atoms with Gasteiger partial charge in [-0.05, 0) is 31.0 Å². The van der Waals surface area contributed by atoms with Crippen molar-refractivity contribution in [3.63, 3.8) is 0 Å². The first-order valence-electron chi connectivity index (χ1n) is 6.95. The van der Waals surface area contributed by atoms with Crippen LogP contribution < -0.4 is 11.1 Å². The molecule has 0 atom stereocenters. The van der Waals surface area contributed by atoms with E-state index in [9.17, 15) is 13.2 Å². The zero-order valence-electron chi connectivity index (χ0n) is 11.6. The Kier molecular flexibility index (Phi) is 5.11. The molecular weight excluding hydrogens is 312 g/mol. The lowest BCUT2D eigenvalue weighted by Crippen LogP contribution is -2.24. The van der Waals surface area contributed by atoms with Crippen LogP contribution in [-0.2, 0) is 14.6 Å². The molecule has 1 fully saturated rings. The monoisotopic (exact) mass is 330 g/mol. The van der Waals surface area contributed by atoms with E-state index in [1.165, 1.54) is 0 Å². The Morgan fingerprint density at radius 1 is 1.33 bits per heavy atom. The van der Waals surface area contributed by atoms with E-state index in [4.69, 9.17) is 17.3 Å². The second-order valence-electron chi connectivity index (χ2n) is 5.30. The molecule has 1 amide bonds. The van der Waals surface area contributed by atoms with Crippen LogP contribution in [0, 0.1) is 0 Å². The maximum Gasteiger partial charge on any atom is 0.225 e. The molecule has 2 rings (SSSR count). The third kappa shape index (κ3) is 4.35. The molecule has 0 radical (unpaired) electrons. The molecule has 1 aliphatic carbocycles. The first-order chi connectivity index (χ1) is 9.88. The maximum atomic E-state index is 12.1. The standard InChI is InChI=1S/C14H19ClN2O3S/c15-10-5-6-12(16)13(9-10)17-14(18)7-8-21(19,20)11-3-1-2-4-11/h5-6,9,11H,1-4,7-8,16H2,(H,17,18). The maximum absolute atomic E-state index is 12.1. The van der Waals surface area contributed by atoms with Crippen molar-refractivity contribution in [3.05, 3.63) is 23.2 Å². The molecule has 7 heteroatoms. The lowest BCUT2D eigenvalue weighted by Gasteiger charge is -2.12. The number of nitrogens with one attached hydrogen (secondary N) is 1. The summed E-state index contributed by atoms with van der Waals surface area (Å²) in [7, 11) is -3.18. The fourth-order valence-electron chi connectivity index (χ4n) is 2.50. The van der Waals surface area contributed by atoms with Crippen LogP contribution in [-0.4, -0.2) is 25.3 Å². The average molecular weight is 331 g/mol. The third-order valence-electron chi connectivity index (χ3n) is 3.71.